The zero-order valence-corrected chi connectivity index (χ0v) is 19.9. The van der Waals surface area contributed by atoms with Crippen LogP contribution in [0.2, 0.25) is 0 Å². The fraction of sp³-hybridized carbons (Fsp3) is 0.462. The topological polar surface area (TPSA) is 103 Å². The molecule has 8 heteroatoms. The lowest BCUT2D eigenvalue weighted by Gasteiger charge is -2.38. The number of pyridine rings is 1. The average Bonchev–Trinajstić information content (AvgIpc) is 3.28. The lowest BCUT2D eigenvalue weighted by molar-refractivity contribution is -0.135. The average molecular weight is 464 g/mol. The van der Waals surface area contributed by atoms with Crippen LogP contribution in [0.1, 0.15) is 37.3 Å². The summed E-state index contributed by atoms with van der Waals surface area (Å²) in [6, 6.07) is 11.1. The van der Waals surface area contributed by atoms with Gasteiger partial charge in [-0.3, -0.25) is 14.4 Å². The van der Waals surface area contributed by atoms with Gasteiger partial charge in [0.05, 0.1) is 12.0 Å². The molecule has 3 amide bonds. The molecule has 1 atom stereocenters. The fourth-order valence-corrected chi connectivity index (χ4v) is 4.89. The van der Waals surface area contributed by atoms with Crippen LogP contribution in [0.4, 0.5) is 11.5 Å². The molecule has 34 heavy (non-hydrogen) atoms. The van der Waals surface area contributed by atoms with Gasteiger partial charge in [-0.1, -0.05) is 19.1 Å². The summed E-state index contributed by atoms with van der Waals surface area (Å²) in [4.78, 5) is 44.4. The molecule has 2 aromatic rings. The molecule has 3 N–H and O–H groups in total. The van der Waals surface area contributed by atoms with E-state index in [2.05, 4.69) is 32.9 Å². The Morgan fingerprint density at radius 2 is 1.82 bits per heavy atom. The van der Waals surface area contributed by atoms with Crippen molar-refractivity contribution in [1.82, 2.24) is 15.2 Å². The van der Waals surface area contributed by atoms with E-state index in [1.165, 1.54) is 0 Å². The molecule has 180 valence electrons. The largest absolute Gasteiger partial charge is 0.347 e. The zero-order chi connectivity index (χ0) is 24.1. The van der Waals surface area contributed by atoms with E-state index in [1.807, 2.05) is 31.2 Å². The highest BCUT2D eigenvalue weighted by atomic mass is 16.2. The molecule has 1 aliphatic carbocycles. The van der Waals surface area contributed by atoms with Gasteiger partial charge >= 0.3 is 0 Å². The van der Waals surface area contributed by atoms with Crippen LogP contribution in [0.5, 0.6) is 0 Å². The summed E-state index contributed by atoms with van der Waals surface area (Å²) < 4.78 is 0. The molecule has 0 spiro atoms. The maximum atomic E-state index is 12.8. The molecule has 1 fully saturated rings. The summed E-state index contributed by atoms with van der Waals surface area (Å²) in [7, 11) is 2.07. The third-order valence-electron chi connectivity index (χ3n) is 7.22. The number of nitrogens with zero attached hydrogens (tertiary/aromatic N) is 2. The van der Waals surface area contributed by atoms with Crippen molar-refractivity contribution in [3.05, 3.63) is 53.7 Å². The molecule has 1 aliphatic heterocycles. The number of fused-ring (bicyclic) bond motifs is 1. The molecule has 0 unspecified atom stereocenters. The van der Waals surface area contributed by atoms with E-state index in [1.54, 1.807) is 18.3 Å². The zero-order valence-electron chi connectivity index (χ0n) is 19.9. The first-order valence-corrected chi connectivity index (χ1v) is 12.0. The van der Waals surface area contributed by atoms with Crippen molar-refractivity contribution in [1.29, 1.82) is 0 Å². The van der Waals surface area contributed by atoms with Crippen molar-refractivity contribution < 1.29 is 14.4 Å². The van der Waals surface area contributed by atoms with Crippen LogP contribution in [0, 0.1) is 11.3 Å². The smallest absolute Gasteiger partial charge is 0.243 e. The molecule has 2 aliphatic rings. The van der Waals surface area contributed by atoms with Gasteiger partial charge in [0, 0.05) is 17.8 Å². The standard InChI is InChI=1S/C26H33N5O3/c1-3-26(9-12-31(2)13-10-26)25(34)28-17-23(32)29-21-8-7-18-14-20(15-19(18)16-21)24(33)30-22-6-4-5-11-27-22/h4-8,11,16,20H,3,9-10,12-15,17H2,1-2H3,(H,28,34)(H,29,32)(H,27,30,33)/t20-/m1/s1. The molecular formula is C26H33N5O3. The number of carbonyl (C=O) groups is 3. The molecule has 1 aromatic heterocycles. The quantitative estimate of drug-likeness (QED) is 0.586. The van der Waals surface area contributed by atoms with Gasteiger partial charge < -0.3 is 20.9 Å². The molecule has 1 aromatic carbocycles. The number of amides is 3. The van der Waals surface area contributed by atoms with Gasteiger partial charge in [-0.25, -0.2) is 4.98 Å². The van der Waals surface area contributed by atoms with Gasteiger partial charge in [-0.05, 0) is 87.6 Å². The minimum Gasteiger partial charge on any atom is -0.347 e. The van der Waals surface area contributed by atoms with Gasteiger partial charge in [0.25, 0.3) is 0 Å². The van der Waals surface area contributed by atoms with Crippen molar-refractivity contribution in [2.45, 2.75) is 39.0 Å². The highest BCUT2D eigenvalue weighted by Crippen LogP contribution is 2.34. The molecule has 1 saturated heterocycles. The van der Waals surface area contributed by atoms with E-state index < -0.39 is 0 Å². The van der Waals surface area contributed by atoms with Gasteiger partial charge in [-0.15, -0.1) is 0 Å². The van der Waals surface area contributed by atoms with Crippen molar-refractivity contribution in [2.24, 2.45) is 11.3 Å². The van der Waals surface area contributed by atoms with Crippen molar-refractivity contribution in [2.75, 3.05) is 37.3 Å². The van der Waals surface area contributed by atoms with Crippen LogP contribution >= 0.6 is 0 Å². The second kappa shape index (κ2) is 10.3. The van der Waals surface area contributed by atoms with Gasteiger partial charge in [0.1, 0.15) is 5.82 Å². The monoisotopic (exact) mass is 463 g/mol. The third-order valence-corrected chi connectivity index (χ3v) is 7.22. The van der Waals surface area contributed by atoms with Crippen molar-refractivity contribution in [3.63, 3.8) is 0 Å². The van der Waals surface area contributed by atoms with Gasteiger partial charge in [-0.2, -0.15) is 0 Å². The van der Waals surface area contributed by atoms with Gasteiger partial charge in [0.2, 0.25) is 17.7 Å². The second-order valence-electron chi connectivity index (χ2n) is 9.46. The lowest BCUT2D eigenvalue weighted by atomic mass is 9.75. The molecule has 0 saturated carbocycles. The Bertz CT molecular complexity index is 1050. The fourth-order valence-electron chi connectivity index (χ4n) is 4.89. The van der Waals surface area contributed by atoms with E-state index in [9.17, 15) is 14.4 Å². The Hall–Kier alpha value is -3.26. The maximum Gasteiger partial charge on any atom is 0.243 e. The number of anilines is 2. The van der Waals surface area contributed by atoms with Crippen molar-refractivity contribution >= 4 is 29.2 Å². The summed E-state index contributed by atoms with van der Waals surface area (Å²) in [5.41, 5.74) is 2.46. The van der Waals surface area contributed by atoms with Crippen LogP contribution in [-0.4, -0.2) is 54.3 Å². The highest BCUT2D eigenvalue weighted by molar-refractivity contribution is 5.96. The van der Waals surface area contributed by atoms with Crippen molar-refractivity contribution in [3.8, 4) is 0 Å². The van der Waals surface area contributed by atoms with E-state index >= 15 is 0 Å². The normalized spacial score (nSPS) is 19.2. The summed E-state index contributed by atoms with van der Waals surface area (Å²) >= 11 is 0. The first kappa shape index (κ1) is 23.9. The lowest BCUT2D eigenvalue weighted by Crippen LogP contribution is -2.49. The Kier molecular flexibility index (Phi) is 7.26. The van der Waals surface area contributed by atoms with Crippen LogP contribution in [-0.2, 0) is 27.2 Å². The van der Waals surface area contributed by atoms with Crippen LogP contribution < -0.4 is 16.0 Å². The van der Waals surface area contributed by atoms with E-state index in [-0.39, 0.29) is 35.6 Å². The molecule has 2 heterocycles. The van der Waals surface area contributed by atoms with Crippen LogP contribution in [0.25, 0.3) is 0 Å². The number of carbonyl (C=O) groups excluding carboxylic acids is 3. The first-order valence-electron chi connectivity index (χ1n) is 12.0. The molecule has 0 radical (unpaired) electrons. The van der Waals surface area contributed by atoms with Crippen LogP contribution in [0.3, 0.4) is 0 Å². The Balaban J connectivity index is 1.29. The highest BCUT2D eigenvalue weighted by Gasteiger charge is 2.39. The molecule has 4 rings (SSSR count). The second-order valence-corrected chi connectivity index (χ2v) is 9.46. The SMILES string of the molecule is CCC1(C(=O)NCC(=O)Nc2ccc3c(c2)C[C@H](C(=O)Nc2ccccn2)C3)CCN(C)CC1. The van der Waals surface area contributed by atoms with E-state index in [0.717, 1.165) is 43.5 Å². The number of nitrogens with one attached hydrogen (secondary N) is 3. The Morgan fingerprint density at radius 1 is 1.06 bits per heavy atom. The summed E-state index contributed by atoms with van der Waals surface area (Å²) in [6.07, 6.45) is 5.32. The number of likely N-dealkylation sites (tertiary alicyclic amines) is 1. The minimum atomic E-state index is -0.384. The number of hydrogen-bond donors (Lipinski definition) is 3. The minimum absolute atomic E-state index is 0.0334. The van der Waals surface area contributed by atoms with Crippen LogP contribution in [0.15, 0.2) is 42.6 Å². The number of piperidine rings is 1. The summed E-state index contributed by atoms with van der Waals surface area (Å²) in [6.45, 7) is 3.77. The first-order chi connectivity index (χ1) is 16.4. The summed E-state index contributed by atoms with van der Waals surface area (Å²) in [5, 5.41) is 8.59. The number of hydrogen-bond acceptors (Lipinski definition) is 5. The van der Waals surface area contributed by atoms with Gasteiger partial charge in [0.15, 0.2) is 0 Å². The number of rotatable bonds is 7. The molecular weight excluding hydrogens is 430 g/mol. The number of benzene rings is 1. The maximum absolute atomic E-state index is 12.8. The Labute approximate surface area is 200 Å². The molecule has 0 bridgehead atoms. The van der Waals surface area contributed by atoms with E-state index in [4.69, 9.17) is 0 Å². The van der Waals surface area contributed by atoms with E-state index in [0.29, 0.717) is 24.3 Å². The third kappa shape index (κ3) is 5.44. The number of aromatic nitrogens is 1. The molecule has 8 nitrogen and oxygen atoms in total. The Morgan fingerprint density at radius 3 is 2.53 bits per heavy atom. The summed E-state index contributed by atoms with van der Waals surface area (Å²) in [5.74, 6) is 0.0383. The predicted octanol–water partition coefficient (Wildman–Crippen LogP) is 2.61. The predicted molar refractivity (Wildman–Crippen MR) is 131 cm³/mol.